The van der Waals surface area contributed by atoms with Gasteiger partial charge in [0.2, 0.25) is 0 Å². The van der Waals surface area contributed by atoms with Crippen molar-refractivity contribution in [1.29, 1.82) is 0 Å². The van der Waals surface area contributed by atoms with Crippen LogP contribution in [0.3, 0.4) is 0 Å². The minimum absolute atomic E-state index is 0.422. The molecule has 0 aromatic heterocycles. The molecule has 72 valence electrons. The molecule has 0 spiro atoms. The van der Waals surface area contributed by atoms with Gasteiger partial charge in [0, 0.05) is 12.8 Å². The Morgan fingerprint density at radius 1 is 0.917 bits per heavy atom. The third-order valence-electron chi connectivity index (χ3n) is 2.20. The second kappa shape index (κ2) is 8.76. The fourth-order valence-corrected chi connectivity index (χ4v) is 1.28. The molecule has 0 atom stereocenters. The fraction of sp³-hybridized carbons (Fsp3) is 0.909. The van der Waals surface area contributed by atoms with Gasteiger partial charge in [0.25, 0.3) is 0 Å². The Morgan fingerprint density at radius 2 is 1.50 bits per heavy atom. The maximum atomic E-state index is 10.9. The first-order valence-electron chi connectivity index (χ1n) is 5.33. The zero-order valence-corrected chi connectivity index (χ0v) is 8.57. The van der Waals surface area contributed by atoms with Crippen molar-refractivity contribution in [2.24, 2.45) is 0 Å². The van der Waals surface area contributed by atoms with Crippen LogP contribution in [-0.2, 0) is 4.79 Å². The molecule has 0 N–H and O–H groups in total. The van der Waals surface area contributed by atoms with E-state index in [1.165, 1.54) is 32.1 Å². The lowest BCUT2D eigenvalue weighted by molar-refractivity contribution is -0.118. The highest BCUT2D eigenvalue weighted by Crippen LogP contribution is 2.07. The van der Waals surface area contributed by atoms with Crippen molar-refractivity contribution in [2.75, 3.05) is 0 Å². The molecule has 0 aromatic rings. The molecule has 0 aromatic carbocycles. The summed E-state index contributed by atoms with van der Waals surface area (Å²) in [6.45, 7) is 4.17. The number of hydrogen-bond donors (Lipinski definition) is 0. The molecule has 0 saturated carbocycles. The number of ketones is 1. The lowest BCUT2D eigenvalue weighted by Gasteiger charge is -1.98. The Hall–Kier alpha value is -0.330. The summed E-state index contributed by atoms with van der Waals surface area (Å²) in [6, 6.07) is 0. The number of hydrogen-bond acceptors (Lipinski definition) is 1. The molecule has 1 heteroatoms. The maximum Gasteiger partial charge on any atom is 0.132 e. The molecule has 0 aliphatic heterocycles. The second-order valence-corrected chi connectivity index (χ2v) is 3.41. The van der Waals surface area contributed by atoms with Gasteiger partial charge in [0.05, 0.1) is 0 Å². The largest absolute Gasteiger partial charge is 0.300 e. The van der Waals surface area contributed by atoms with Crippen LogP contribution in [0.1, 0.15) is 65.2 Å². The van der Waals surface area contributed by atoms with Gasteiger partial charge in [-0.25, -0.2) is 0 Å². The van der Waals surface area contributed by atoms with Gasteiger partial charge in [-0.3, -0.25) is 4.79 Å². The van der Waals surface area contributed by atoms with Gasteiger partial charge >= 0.3 is 0 Å². The monoisotopic (exact) mass is 170 g/mol. The van der Waals surface area contributed by atoms with Crippen molar-refractivity contribution in [3.8, 4) is 0 Å². The smallest absolute Gasteiger partial charge is 0.132 e. The second-order valence-electron chi connectivity index (χ2n) is 3.41. The standard InChI is InChI=1S/C11H22O/c1-3-5-6-7-8-9-10-11(12)4-2/h3-10H2,1-2H3. The topological polar surface area (TPSA) is 17.1 Å². The van der Waals surface area contributed by atoms with Gasteiger partial charge in [0.1, 0.15) is 5.78 Å². The van der Waals surface area contributed by atoms with Gasteiger partial charge in [-0.15, -0.1) is 0 Å². The summed E-state index contributed by atoms with van der Waals surface area (Å²) in [4.78, 5) is 10.9. The molecule has 1 nitrogen and oxygen atoms in total. The lowest BCUT2D eigenvalue weighted by Crippen LogP contribution is -1.93. The maximum absolute atomic E-state index is 10.9. The van der Waals surface area contributed by atoms with Crippen molar-refractivity contribution in [1.82, 2.24) is 0 Å². The summed E-state index contributed by atoms with van der Waals surface area (Å²) in [5.41, 5.74) is 0. The van der Waals surface area contributed by atoms with Gasteiger partial charge < -0.3 is 0 Å². The van der Waals surface area contributed by atoms with E-state index in [0.717, 1.165) is 19.3 Å². The molecule has 0 unspecified atom stereocenters. The molecule has 0 amide bonds. The molecule has 0 fully saturated rings. The predicted molar refractivity (Wildman–Crippen MR) is 53.3 cm³/mol. The molecule has 0 rings (SSSR count). The molecule has 0 heterocycles. The third-order valence-corrected chi connectivity index (χ3v) is 2.20. The minimum atomic E-state index is 0.422. The van der Waals surface area contributed by atoms with E-state index in [2.05, 4.69) is 6.92 Å². The van der Waals surface area contributed by atoms with Crippen LogP contribution in [0.5, 0.6) is 0 Å². The molecular weight excluding hydrogens is 148 g/mol. The molecule has 0 aliphatic rings. The molecule has 0 saturated heterocycles. The van der Waals surface area contributed by atoms with Crippen molar-refractivity contribution in [2.45, 2.75) is 65.2 Å². The van der Waals surface area contributed by atoms with Crippen LogP contribution in [0.15, 0.2) is 0 Å². The molecule has 0 bridgehead atoms. The van der Waals surface area contributed by atoms with Crippen LogP contribution in [-0.4, -0.2) is 5.78 Å². The first-order chi connectivity index (χ1) is 5.81. The first kappa shape index (κ1) is 11.7. The van der Waals surface area contributed by atoms with E-state index < -0.39 is 0 Å². The Labute approximate surface area is 76.6 Å². The van der Waals surface area contributed by atoms with Gasteiger partial charge in [0.15, 0.2) is 0 Å². The van der Waals surface area contributed by atoms with E-state index in [-0.39, 0.29) is 0 Å². The summed E-state index contributed by atoms with van der Waals surface area (Å²) in [6.07, 6.45) is 9.18. The van der Waals surface area contributed by atoms with E-state index in [0.29, 0.717) is 5.78 Å². The van der Waals surface area contributed by atoms with E-state index in [1.54, 1.807) is 0 Å². The average molecular weight is 170 g/mol. The highest BCUT2D eigenvalue weighted by Gasteiger charge is 1.96. The average Bonchev–Trinajstić information content (AvgIpc) is 2.10. The van der Waals surface area contributed by atoms with E-state index in [1.807, 2.05) is 6.92 Å². The molecular formula is C11H22O. The summed E-state index contributed by atoms with van der Waals surface area (Å²) in [5.74, 6) is 0.422. The number of carbonyl (C=O) groups excluding carboxylic acids is 1. The fourth-order valence-electron chi connectivity index (χ4n) is 1.28. The molecule has 0 aliphatic carbocycles. The van der Waals surface area contributed by atoms with Crippen LogP contribution in [0.2, 0.25) is 0 Å². The normalized spacial score (nSPS) is 10.2. The summed E-state index contributed by atoms with van der Waals surface area (Å²) in [5, 5.41) is 0. The van der Waals surface area contributed by atoms with Gasteiger partial charge in [-0.2, -0.15) is 0 Å². The number of unbranched alkanes of at least 4 members (excludes halogenated alkanes) is 5. The Bertz CT molecular complexity index is 108. The number of rotatable bonds is 8. The number of carbonyl (C=O) groups is 1. The van der Waals surface area contributed by atoms with Crippen LogP contribution in [0.4, 0.5) is 0 Å². The Balaban J connectivity index is 2.95. The first-order valence-corrected chi connectivity index (χ1v) is 5.33. The van der Waals surface area contributed by atoms with Crippen molar-refractivity contribution < 1.29 is 4.79 Å². The summed E-state index contributed by atoms with van der Waals surface area (Å²) < 4.78 is 0. The minimum Gasteiger partial charge on any atom is -0.300 e. The van der Waals surface area contributed by atoms with Crippen LogP contribution in [0.25, 0.3) is 0 Å². The van der Waals surface area contributed by atoms with E-state index in [9.17, 15) is 4.79 Å². The number of Topliss-reactive ketones (excluding diaryl/α,β-unsaturated/α-hetero) is 1. The van der Waals surface area contributed by atoms with E-state index >= 15 is 0 Å². The quantitative estimate of drug-likeness (QED) is 0.507. The molecule has 12 heavy (non-hydrogen) atoms. The van der Waals surface area contributed by atoms with Crippen molar-refractivity contribution >= 4 is 5.78 Å². The highest BCUT2D eigenvalue weighted by atomic mass is 16.1. The third kappa shape index (κ3) is 7.77. The SMILES string of the molecule is CCCCCCCCC(=O)CC. The van der Waals surface area contributed by atoms with Gasteiger partial charge in [-0.1, -0.05) is 46.0 Å². The summed E-state index contributed by atoms with van der Waals surface area (Å²) in [7, 11) is 0. The Kier molecular flexibility index (Phi) is 8.52. The zero-order valence-electron chi connectivity index (χ0n) is 8.57. The highest BCUT2D eigenvalue weighted by molar-refractivity contribution is 5.77. The van der Waals surface area contributed by atoms with Crippen molar-refractivity contribution in [3.05, 3.63) is 0 Å². The Morgan fingerprint density at radius 3 is 2.08 bits per heavy atom. The van der Waals surface area contributed by atoms with Crippen LogP contribution < -0.4 is 0 Å². The summed E-state index contributed by atoms with van der Waals surface area (Å²) >= 11 is 0. The van der Waals surface area contributed by atoms with E-state index in [4.69, 9.17) is 0 Å². The van der Waals surface area contributed by atoms with Crippen LogP contribution >= 0.6 is 0 Å². The van der Waals surface area contributed by atoms with Gasteiger partial charge in [-0.05, 0) is 6.42 Å². The zero-order chi connectivity index (χ0) is 9.23. The predicted octanol–water partition coefficient (Wildman–Crippen LogP) is 3.72. The lowest BCUT2D eigenvalue weighted by atomic mass is 10.1. The molecule has 0 radical (unpaired) electrons. The van der Waals surface area contributed by atoms with Crippen LogP contribution in [0, 0.1) is 0 Å². The van der Waals surface area contributed by atoms with Crippen molar-refractivity contribution in [3.63, 3.8) is 0 Å².